The zero-order valence-electron chi connectivity index (χ0n) is 14.4. The SMILES string of the molecule is CC(C)(C)C1CCc2c(sc3nc(-c4ccccc4)c(C=O)n23)C1. The Labute approximate surface area is 146 Å². The number of hydrogen-bond acceptors (Lipinski definition) is 3. The number of rotatable bonds is 2. The quantitative estimate of drug-likeness (QED) is 0.614. The molecule has 1 aliphatic carbocycles. The molecule has 0 spiro atoms. The number of imidazole rings is 1. The fraction of sp³-hybridized carbons (Fsp3) is 0.400. The van der Waals surface area contributed by atoms with Gasteiger partial charge in [-0.1, -0.05) is 51.1 Å². The second kappa shape index (κ2) is 5.55. The van der Waals surface area contributed by atoms with Crippen LogP contribution in [0.1, 0.15) is 48.3 Å². The van der Waals surface area contributed by atoms with Crippen LogP contribution in [0.25, 0.3) is 16.2 Å². The molecule has 3 aromatic rings. The van der Waals surface area contributed by atoms with E-state index in [0.717, 1.165) is 35.3 Å². The standard InChI is InChI=1S/C20H22N2OS/c1-20(2,3)14-9-10-15-17(11-14)24-19-21-18(16(12-23)22(15)19)13-7-5-4-6-8-13/h4-8,12,14H,9-11H2,1-3H3. The van der Waals surface area contributed by atoms with E-state index in [1.54, 1.807) is 11.3 Å². The third-order valence-electron chi connectivity index (χ3n) is 5.23. The van der Waals surface area contributed by atoms with Crippen LogP contribution >= 0.6 is 11.3 Å². The van der Waals surface area contributed by atoms with Crippen LogP contribution in [0.5, 0.6) is 0 Å². The Kier molecular flexibility index (Phi) is 3.61. The molecule has 24 heavy (non-hydrogen) atoms. The van der Waals surface area contributed by atoms with Crippen LogP contribution in [-0.2, 0) is 12.8 Å². The fourth-order valence-corrected chi connectivity index (χ4v) is 4.99. The van der Waals surface area contributed by atoms with E-state index in [-0.39, 0.29) is 0 Å². The van der Waals surface area contributed by atoms with E-state index in [2.05, 4.69) is 25.2 Å². The predicted molar refractivity (Wildman–Crippen MR) is 98.9 cm³/mol. The van der Waals surface area contributed by atoms with Gasteiger partial charge < -0.3 is 0 Å². The zero-order valence-corrected chi connectivity index (χ0v) is 15.2. The fourth-order valence-electron chi connectivity index (χ4n) is 3.74. The Balaban J connectivity index is 1.84. The summed E-state index contributed by atoms with van der Waals surface area (Å²) in [4.78, 5) is 19.0. The van der Waals surface area contributed by atoms with Gasteiger partial charge in [0.15, 0.2) is 11.2 Å². The lowest BCUT2D eigenvalue weighted by molar-refractivity contribution is 0.111. The minimum atomic E-state index is 0.326. The number of fused-ring (bicyclic) bond motifs is 3. The summed E-state index contributed by atoms with van der Waals surface area (Å²) >= 11 is 1.76. The summed E-state index contributed by atoms with van der Waals surface area (Å²) in [6.07, 6.45) is 4.28. The molecule has 1 unspecified atom stereocenters. The number of nitrogens with zero attached hydrogens (tertiary/aromatic N) is 2. The molecule has 4 heteroatoms. The van der Waals surface area contributed by atoms with E-state index in [4.69, 9.17) is 4.98 Å². The first-order chi connectivity index (χ1) is 11.5. The number of benzene rings is 1. The molecule has 1 atom stereocenters. The lowest BCUT2D eigenvalue weighted by Gasteiger charge is -2.33. The van der Waals surface area contributed by atoms with Crippen LogP contribution in [0.2, 0.25) is 0 Å². The second-order valence-corrected chi connectivity index (χ2v) is 8.79. The van der Waals surface area contributed by atoms with Crippen molar-refractivity contribution in [2.24, 2.45) is 11.3 Å². The maximum absolute atomic E-state index is 11.8. The van der Waals surface area contributed by atoms with Crippen LogP contribution in [0.4, 0.5) is 0 Å². The lowest BCUT2D eigenvalue weighted by Crippen LogP contribution is -2.26. The average molecular weight is 338 g/mol. The van der Waals surface area contributed by atoms with Crippen LogP contribution in [0, 0.1) is 11.3 Å². The molecule has 0 radical (unpaired) electrons. The van der Waals surface area contributed by atoms with Crippen molar-refractivity contribution < 1.29 is 4.79 Å². The molecule has 0 aliphatic heterocycles. The first kappa shape index (κ1) is 15.6. The topological polar surface area (TPSA) is 34.4 Å². The van der Waals surface area contributed by atoms with Crippen LogP contribution < -0.4 is 0 Å². The highest BCUT2D eigenvalue weighted by Gasteiger charge is 2.32. The highest BCUT2D eigenvalue weighted by Crippen LogP contribution is 2.41. The van der Waals surface area contributed by atoms with Crippen molar-refractivity contribution >= 4 is 22.6 Å². The van der Waals surface area contributed by atoms with Crippen LogP contribution in [-0.4, -0.2) is 15.7 Å². The Morgan fingerprint density at radius 3 is 2.67 bits per heavy atom. The monoisotopic (exact) mass is 338 g/mol. The Morgan fingerprint density at radius 2 is 2.00 bits per heavy atom. The summed E-state index contributed by atoms with van der Waals surface area (Å²) in [5, 5.41) is 0. The van der Waals surface area contributed by atoms with Gasteiger partial charge in [-0.25, -0.2) is 4.98 Å². The molecule has 4 rings (SSSR count). The second-order valence-electron chi connectivity index (χ2n) is 7.73. The molecular weight excluding hydrogens is 316 g/mol. The molecule has 1 aliphatic rings. The average Bonchev–Trinajstić information content (AvgIpc) is 3.09. The summed E-state index contributed by atoms with van der Waals surface area (Å²) in [5.41, 5.74) is 4.13. The molecule has 0 saturated carbocycles. The number of aldehydes is 1. The first-order valence-corrected chi connectivity index (χ1v) is 9.34. The first-order valence-electron chi connectivity index (χ1n) is 8.52. The molecule has 0 amide bonds. The molecule has 124 valence electrons. The van der Waals surface area contributed by atoms with Gasteiger partial charge in [0, 0.05) is 16.1 Å². The van der Waals surface area contributed by atoms with Crippen LogP contribution in [0.3, 0.4) is 0 Å². The Bertz CT molecular complexity index is 899. The normalized spacial score (nSPS) is 17.9. The van der Waals surface area contributed by atoms with Gasteiger partial charge in [0.25, 0.3) is 0 Å². The van der Waals surface area contributed by atoms with Gasteiger partial charge in [-0.3, -0.25) is 9.20 Å². The highest BCUT2D eigenvalue weighted by atomic mass is 32.1. The third kappa shape index (κ3) is 2.40. The van der Waals surface area contributed by atoms with Crippen molar-refractivity contribution in [3.05, 3.63) is 46.6 Å². The summed E-state index contributed by atoms with van der Waals surface area (Å²) in [7, 11) is 0. The Hall–Kier alpha value is -1.94. The molecule has 2 aromatic heterocycles. The van der Waals surface area contributed by atoms with Crippen molar-refractivity contribution in [1.29, 1.82) is 0 Å². The van der Waals surface area contributed by atoms with E-state index >= 15 is 0 Å². The van der Waals surface area contributed by atoms with E-state index in [1.165, 1.54) is 17.0 Å². The van der Waals surface area contributed by atoms with Gasteiger partial charge in [-0.05, 0) is 30.6 Å². The van der Waals surface area contributed by atoms with E-state index in [1.807, 2.05) is 30.3 Å². The van der Waals surface area contributed by atoms with Crippen molar-refractivity contribution in [2.75, 3.05) is 0 Å². The molecule has 0 fully saturated rings. The summed E-state index contributed by atoms with van der Waals surface area (Å²) in [6.45, 7) is 6.98. The number of carbonyl (C=O) groups is 1. The van der Waals surface area contributed by atoms with Crippen molar-refractivity contribution in [3.63, 3.8) is 0 Å². The lowest BCUT2D eigenvalue weighted by atomic mass is 9.73. The minimum absolute atomic E-state index is 0.326. The maximum atomic E-state index is 11.8. The summed E-state index contributed by atoms with van der Waals surface area (Å²) < 4.78 is 2.11. The van der Waals surface area contributed by atoms with Crippen LogP contribution in [0.15, 0.2) is 30.3 Å². The van der Waals surface area contributed by atoms with Gasteiger partial charge in [0.1, 0.15) is 11.4 Å². The maximum Gasteiger partial charge on any atom is 0.195 e. The predicted octanol–water partition coefficient (Wildman–Crippen LogP) is 5.03. The van der Waals surface area contributed by atoms with Gasteiger partial charge in [-0.2, -0.15) is 0 Å². The minimum Gasteiger partial charge on any atom is -0.296 e. The number of hydrogen-bond donors (Lipinski definition) is 0. The van der Waals surface area contributed by atoms with Gasteiger partial charge in [0.2, 0.25) is 0 Å². The van der Waals surface area contributed by atoms with Crippen molar-refractivity contribution in [2.45, 2.75) is 40.0 Å². The van der Waals surface area contributed by atoms with Crippen molar-refractivity contribution in [1.82, 2.24) is 9.38 Å². The molecule has 2 heterocycles. The van der Waals surface area contributed by atoms with E-state index in [9.17, 15) is 4.79 Å². The number of aromatic nitrogens is 2. The third-order valence-corrected chi connectivity index (χ3v) is 6.34. The number of aryl methyl sites for hydroxylation is 1. The molecule has 0 N–H and O–H groups in total. The molecule has 3 nitrogen and oxygen atoms in total. The largest absolute Gasteiger partial charge is 0.296 e. The Morgan fingerprint density at radius 1 is 1.25 bits per heavy atom. The van der Waals surface area contributed by atoms with E-state index < -0.39 is 0 Å². The molecule has 0 bridgehead atoms. The molecule has 0 saturated heterocycles. The van der Waals surface area contributed by atoms with Gasteiger partial charge in [0.05, 0.1) is 0 Å². The number of thiazole rings is 1. The van der Waals surface area contributed by atoms with Gasteiger partial charge in [-0.15, -0.1) is 11.3 Å². The number of carbonyl (C=O) groups excluding carboxylic acids is 1. The highest BCUT2D eigenvalue weighted by molar-refractivity contribution is 7.17. The molecule has 1 aromatic carbocycles. The van der Waals surface area contributed by atoms with Gasteiger partial charge >= 0.3 is 0 Å². The summed E-state index contributed by atoms with van der Waals surface area (Å²) in [5.74, 6) is 0.696. The summed E-state index contributed by atoms with van der Waals surface area (Å²) in [6, 6.07) is 9.99. The smallest absolute Gasteiger partial charge is 0.195 e. The zero-order chi connectivity index (χ0) is 16.9. The van der Waals surface area contributed by atoms with E-state index in [0.29, 0.717) is 17.0 Å². The molecular formula is C20H22N2OS. The van der Waals surface area contributed by atoms with Crippen molar-refractivity contribution in [3.8, 4) is 11.3 Å².